The molecule has 1 aromatic rings. The van der Waals surface area contributed by atoms with Crippen LogP contribution in [0, 0.1) is 0 Å². The Balaban J connectivity index is 1.83. The fourth-order valence-corrected chi connectivity index (χ4v) is 2.54. The summed E-state index contributed by atoms with van der Waals surface area (Å²) in [5.41, 5.74) is 1.75. The van der Waals surface area contributed by atoms with E-state index < -0.39 is 0 Å². The standard InChI is InChI=1S/C14H16N2O3/c17-13-9-16(14(18)12-6-3-7-19-12)8-10-4-1-2-5-11(10)15-13/h1-2,4-5,12H,3,6-9H2,(H,15,17)/t12-/m0/s1. The van der Waals surface area contributed by atoms with Gasteiger partial charge in [0.2, 0.25) is 5.91 Å². The SMILES string of the molecule is O=C1CN(C(=O)[C@@H]2CCCO2)Cc2ccccc2N1. The number of ether oxygens (including phenoxy) is 1. The van der Waals surface area contributed by atoms with Gasteiger partial charge in [0.25, 0.3) is 5.91 Å². The molecular weight excluding hydrogens is 244 g/mol. The van der Waals surface area contributed by atoms with Crippen molar-refractivity contribution in [3.63, 3.8) is 0 Å². The fourth-order valence-electron chi connectivity index (χ4n) is 2.54. The summed E-state index contributed by atoms with van der Waals surface area (Å²) in [6.07, 6.45) is 1.28. The molecule has 1 atom stereocenters. The van der Waals surface area contributed by atoms with Gasteiger partial charge in [-0.15, -0.1) is 0 Å². The minimum atomic E-state index is -0.377. The van der Waals surface area contributed by atoms with Crippen LogP contribution in [0.4, 0.5) is 5.69 Å². The molecule has 0 unspecified atom stereocenters. The van der Waals surface area contributed by atoms with Gasteiger partial charge in [0, 0.05) is 18.8 Å². The summed E-state index contributed by atoms with van der Waals surface area (Å²) in [6.45, 7) is 1.17. The van der Waals surface area contributed by atoms with Gasteiger partial charge in [0.05, 0.1) is 0 Å². The Labute approximate surface area is 111 Å². The number of fused-ring (bicyclic) bond motifs is 1. The molecule has 2 aliphatic rings. The van der Waals surface area contributed by atoms with Gasteiger partial charge in [-0.25, -0.2) is 0 Å². The maximum absolute atomic E-state index is 12.3. The molecule has 0 spiro atoms. The molecule has 1 saturated heterocycles. The molecule has 1 N–H and O–H groups in total. The fraction of sp³-hybridized carbons (Fsp3) is 0.429. The molecule has 1 fully saturated rings. The number of carbonyl (C=O) groups is 2. The quantitative estimate of drug-likeness (QED) is 0.824. The van der Waals surface area contributed by atoms with Crippen molar-refractivity contribution in [3.8, 4) is 0 Å². The highest BCUT2D eigenvalue weighted by atomic mass is 16.5. The van der Waals surface area contributed by atoms with Crippen LogP contribution in [-0.4, -0.2) is 36.0 Å². The average molecular weight is 260 g/mol. The third-order valence-electron chi connectivity index (χ3n) is 3.50. The summed E-state index contributed by atoms with van der Waals surface area (Å²) in [5, 5.41) is 2.82. The first-order chi connectivity index (χ1) is 9.24. The molecular formula is C14H16N2O3. The van der Waals surface area contributed by atoms with Crippen LogP contribution < -0.4 is 5.32 Å². The Kier molecular flexibility index (Phi) is 3.21. The van der Waals surface area contributed by atoms with Crippen LogP contribution in [0.1, 0.15) is 18.4 Å². The zero-order valence-corrected chi connectivity index (χ0v) is 10.6. The number of hydrogen-bond donors (Lipinski definition) is 1. The van der Waals surface area contributed by atoms with Gasteiger partial charge in [0.15, 0.2) is 0 Å². The second-order valence-corrected chi connectivity index (χ2v) is 4.90. The molecule has 5 nitrogen and oxygen atoms in total. The Morgan fingerprint density at radius 3 is 2.95 bits per heavy atom. The normalized spacial score (nSPS) is 22.6. The summed E-state index contributed by atoms with van der Waals surface area (Å²) in [6, 6.07) is 7.56. The first-order valence-electron chi connectivity index (χ1n) is 6.52. The van der Waals surface area contributed by atoms with Gasteiger partial charge in [0.1, 0.15) is 12.6 Å². The summed E-state index contributed by atoms with van der Waals surface area (Å²) in [7, 11) is 0. The number of nitrogens with one attached hydrogen (secondary N) is 1. The van der Waals surface area contributed by atoms with Gasteiger partial charge in [-0.2, -0.15) is 0 Å². The molecule has 0 aromatic heterocycles. The number of nitrogens with zero attached hydrogens (tertiary/aromatic N) is 1. The third kappa shape index (κ3) is 2.46. The first kappa shape index (κ1) is 12.2. The zero-order valence-electron chi connectivity index (χ0n) is 10.6. The van der Waals surface area contributed by atoms with Crippen molar-refractivity contribution in [1.29, 1.82) is 0 Å². The van der Waals surface area contributed by atoms with Crippen molar-refractivity contribution in [2.75, 3.05) is 18.5 Å². The number of rotatable bonds is 1. The molecule has 2 heterocycles. The molecule has 0 aliphatic carbocycles. The molecule has 100 valence electrons. The largest absolute Gasteiger partial charge is 0.368 e. The monoisotopic (exact) mass is 260 g/mol. The topological polar surface area (TPSA) is 58.6 Å². The van der Waals surface area contributed by atoms with E-state index in [1.54, 1.807) is 4.90 Å². The number of anilines is 1. The van der Waals surface area contributed by atoms with Gasteiger partial charge < -0.3 is 15.0 Å². The second-order valence-electron chi connectivity index (χ2n) is 4.90. The second kappa shape index (κ2) is 5.01. The lowest BCUT2D eigenvalue weighted by Gasteiger charge is -2.22. The molecule has 0 saturated carbocycles. The summed E-state index contributed by atoms with van der Waals surface area (Å²) in [5.74, 6) is -0.236. The number of carbonyl (C=O) groups excluding carboxylic acids is 2. The van der Waals surface area contributed by atoms with Crippen molar-refractivity contribution in [3.05, 3.63) is 29.8 Å². The molecule has 19 heavy (non-hydrogen) atoms. The lowest BCUT2D eigenvalue weighted by Crippen LogP contribution is -2.41. The Morgan fingerprint density at radius 2 is 2.16 bits per heavy atom. The minimum Gasteiger partial charge on any atom is -0.368 e. The molecule has 5 heteroatoms. The van der Waals surface area contributed by atoms with Crippen molar-refractivity contribution < 1.29 is 14.3 Å². The third-order valence-corrected chi connectivity index (χ3v) is 3.50. The van der Waals surface area contributed by atoms with Gasteiger partial charge >= 0.3 is 0 Å². The van der Waals surface area contributed by atoms with Crippen molar-refractivity contribution in [1.82, 2.24) is 4.90 Å². The molecule has 2 aliphatic heterocycles. The predicted octanol–water partition coefficient (Wildman–Crippen LogP) is 1.15. The van der Waals surface area contributed by atoms with Gasteiger partial charge in [-0.3, -0.25) is 9.59 Å². The van der Waals surface area contributed by atoms with E-state index in [0.29, 0.717) is 13.2 Å². The maximum Gasteiger partial charge on any atom is 0.252 e. The van der Waals surface area contributed by atoms with E-state index in [1.165, 1.54) is 0 Å². The number of hydrogen-bond acceptors (Lipinski definition) is 3. The lowest BCUT2D eigenvalue weighted by molar-refractivity contribution is -0.143. The number of benzene rings is 1. The molecule has 1 aromatic carbocycles. The van der Waals surface area contributed by atoms with E-state index >= 15 is 0 Å². The smallest absolute Gasteiger partial charge is 0.252 e. The van der Waals surface area contributed by atoms with E-state index in [0.717, 1.165) is 24.1 Å². The van der Waals surface area contributed by atoms with Gasteiger partial charge in [-0.1, -0.05) is 18.2 Å². The predicted molar refractivity (Wildman–Crippen MR) is 69.5 cm³/mol. The van der Waals surface area contributed by atoms with E-state index in [1.807, 2.05) is 24.3 Å². The van der Waals surface area contributed by atoms with E-state index in [-0.39, 0.29) is 24.5 Å². The highest BCUT2D eigenvalue weighted by Crippen LogP contribution is 2.22. The Morgan fingerprint density at radius 1 is 1.32 bits per heavy atom. The summed E-state index contributed by atoms with van der Waals surface area (Å²) < 4.78 is 5.41. The Bertz CT molecular complexity index is 509. The maximum atomic E-state index is 12.3. The minimum absolute atomic E-state index is 0.0793. The van der Waals surface area contributed by atoms with Crippen LogP contribution in [0.3, 0.4) is 0 Å². The zero-order chi connectivity index (χ0) is 13.2. The highest BCUT2D eigenvalue weighted by molar-refractivity contribution is 5.96. The van der Waals surface area contributed by atoms with Crippen molar-refractivity contribution in [2.45, 2.75) is 25.5 Å². The average Bonchev–Trinajstić information content (AvgIpc) is 2.87. The van der Waals surface area contributed by atoms with Crippen LogP contribution in [0.5, 0.6) is 0 Å². The van der Waals surface area contributed by atoms with Crippen LogP contribution in [-0.2, 0) is 20.9 Å². The molecule has 0 radical (unpaired) electrons. The van der Waals surface area contributed by atoms with Crippen LogP contribution in [0.2, 0.25) is 0 Å². The van der Waals surface area contributed by atoms with Crippen LogP contribution in [0.25, 0.3) is 0 Å². The van der Waals surface area contributed by atoms with E-state index in [2.05, 4.69) is 5.32 Å². The summed E-state index contributed by atoms with van der Waals surface area (Å²) in [4.78, 5) is 25.7. The van der Waals surface area contributed by atoms with Crippen LogP contribution in [0.15, 0.2) is 24.3 Å². The molecule has 3 rings (SSSR count). The van der Waals surface area contributed by atoms with Crippen molar-refractivity contribution in [2.24, 2.45) is 0 Å². The van der Waals surface area contributed by atoms with E-state index in [9.17, 15) is 9.59 Å². The first-order valence-corrected chi connectivity index (χ1v) is 6.52. The molecule has 2 amide bonds. The number of amides is 2. The summed E-state index contributed by atoms with van der Waals surface area (Å²) >= 11 is 0. The molecule has 0 bridgehead atoms. The van der Waals surface area contributed by atoms with Crippen LogP contribution >= 0.6 is 0 Å². The number of para-hydroxylation sites is 1. The lowest BCUT2D eigenvalue weighted by atomic mass is 10.1. The highest BCUT2D eigenvalue weighted by Gasteiger charge is 2.31. The van der Waals surface area contributed by atoms with E-state index in [4.69, 9.17) is 4.74 Å². The van der Waals surface area contributed by atoms with Gasteiger partial charge in [-0.05, 0) is 24.5 Å². The Hall–Kier alpha value is -1.88. The van der Waals surface area contributed by atoms with Crippen molar-refractivity contribution >= 4 is 17.5 Å².